The van der Waals surface area contributed by atoms with Crippen molar-refractivity contribution in [3.63, 3.8) is 0 Å². The van der Waals surface area contributed by atoms with Crippen molar-refractivity contribution < 1.29 is 4.79 Å². The van der Waals surface area contributed by atoms with E-state index in [2.05, 4.69) is 11.2 Å². The summed E-state index contributed by atoms with van der Waals surface area (Å²) in [5, 5.41) is 4.64. The number of carbonyl (C=O) groups is 1. The summed E-state index contributed by atoms with van der Waals surface area (Å²) < 4.78 is 5.13. The number of hydrogen-bond donors (Lipinski definition) is 1. The Kier molecular flexibility index (Phi) is 5.03. The first-order valence-corrected chi connectivity index (χ1v) is 10.1. The van der Waals surface area contributed by atoms with Gasteiger partial charge in [-0.3, -0.25) is 18.6 Å². The number of amides is 1. The molecule has 7 nitrogen and oxygen atoms in total. The maximum absolute atomic E-state index is 12.7. The van der Waals surface area contributed by atoms with Crippen molar-refractivity contribution in [2.24, 2.45) is 5.73 Å². The van der Waals surface area contributed by atoms with Gasteiger partial charge in [0, 0.05) is 30.4 Å². The topological polar surface area (TPSA) is 87.8 Å². The van der Waals surface area contributed by atoms with E-state index in [1.165, 1.54) is 0 Å². The van der Waals surface area contributed by atoms with E-state index in [0.29, 0.717) is 13.1 Å². The monoisotopic (exact) mass is 403 g/mol. The summed E-state index contributed by atoms with van der Waals surface area (Å²) in [7, 11) is 0. The lowest BCUT2D eigenvalue weighted by molar-refractivity contribution is -0.118. The van der Waals surface area contributed by atoms with Crippen LogP contribution in [0.5, 0.6) is 0 Å². The third-order valence-electron chi connectivity index (χ3n) is 5.33. The number of hydrogen-bond acceptors (Lipinski definition) is 3. The van der Waals surface area contributed by atoms with Crippen molar-refractivity contribution in [3.8, 4) is 22.4 Å². The molecule has 0 saturated heterocycles. The number of primary amides is 1. The van der Waals surface area contributed by atoms with Gasteiger partial charge in [-0.15, -0.1) is 0 Å². The molecular formula is C23H25N5O2. The molecule has 0 bridgehead atoms. The third kappa shape index (κ3) is 3.32. The highest BCUT2D eigenvalue weighted by molar-refractivity contribution is 5.87. The standard InChI is InChI=1S/C23H25N5O2/c1-4-27-19-10-9-16(12-20(19)28(5-2)23(27)30)18-13-26(14-21(24)29)25-22(18)17-8-6-7-15(3)11-17/h6-13H,4-5,14H2,1-3H3,(H2,24,29). The van der Waals surface area contributed by atoms with E-state index in [1.807, 2.05) is 63.4 Å². The van der Waals surface area contributed by atoms with Gasteiger partial charge in [0.15, 0.2) is 0 Å². The van der Waals surface area contributed by atoms with Crippen LogP contribution < -0.4 is 11.4 Å². The quantitative estimate of drug-likeness (QED) is 0.536. The summed E-state index contributed by atoms with van der Waals surface area (Å²) in [6.07, 6.45) is 1.84. The van der Waals surface area contributed by atoms with Crippen LogP contribution in [0.4, 0.5) is 0 Å². The molecule has 0 fully saturated rings. The average Bonchev–Trinajstić information content (AvgIpc) is 3.24. The maximum Gasteiger partial charge on any atom is 0.329 e. The normalized spacial score (nSPS) is 11.3. The zero-order valence-electron chi connectivity index (χ0n) is 17.4. The minimum Gasteiger partial charge on any atom is -0.368 e. The number of imidazole rings is 1. The first-order chi connectivity index (χ1) is 14.4. The largest absolute Gasteiger partial charge is 0.368 e. The number of aryl methyl sites for hydroxylation is 3. The molecule has 30 heavy (non-hydrogen) atoms. The molecule has 0 aliphatic heterocycles. The molecule has 4 rings (SSSR count). The molecule has 0 spiro atoms. The van der Waals surface area contributed by atoms with Gasteiger partial charge in [0.05, 0.1) is 11.0 Å². The Morgan fingerprint density at radius 1 is 1.00 bits per heavy atom. The molecule has 0 unspecified atom stereocenters. The van der Waals surface area contributed by atoms with E-state index >= 15 is 0 Å². The minimum atomic E-state index is -0.449. The number of nitrogens with two attached hydrogens (primary N) is 1. The van der Waals surface area contributed by atoms with Crippen LogP contribution >= 0.6 is 0 Å². The fraction of sp³-hybridized carbons (Fsp3) is 0.261. The second kappa shape index (κ2) is 7.67. The van der Waals surface area contributed by atoms with E-state index in [4.69, 9.17) is 5.73 Å². The third-order valence-corrected chi connectivity index (χ3v) is 5.33. The van der Waals surface area contributed by atoms with Crippen LogP contribution in [0.15, 0.2) is 53.5 Å². The van der Waals surface area contributed by atoms with E-state index in [9.17, 15) is 9.59 Å². The van der Waals surface area contributed by atoms with Crippen LogP contribution in [0.2, 0.25) is 0 Å². The molecule has 0 atom stereocenters. The Bertz CT molecular complexity index is 1310. The summed E-state index contributed by atoms with van der Waals surface area (Å²) >= 11 is 0. The van der Waals surface area contributed by atoms with Gasteiger partial charge in [-0.05, 0) is 44.5 Å². The molecule has 0 aliphatic rings. The molecule has 0 saturated carbocycles. The van der Waals surface area contributed by atoms with Gasteiger partial charge < -0.3 is 5.73 Å². The van der Waals surface area contributed by atoms with Crippen LogP contribution in [-0.4, -0.2) is 24.8 Å². The first-order valence-electron chi connectivity index (χ1n) is 10.1. The van der Waals surface area contributed by atoms with Gasteiger partial charge >= 0.3 is 5.69 Å². The average molecular weight is 403 g/mol. The number of nitrogens with zero attached hydrogens (tertiary/aromatic N) is 4. The molecule has 0 radical (unpaired) electrons. The number of carbonyl (C=O) groups excluding carboxylic acids is 1. The van der Waals surface area contributed by atoms with E-state index in [0.717, 1.165) is 39.0 Å². The highest BCUT2D eigenvalue weighted by Gasteiger charge is 2.17. The highest BCUT2D eigenvalue weighted by Crippen LogP contribution is 2.33. The second-order valence-corrected chi connectivity index (χ2v) is 7.40. The van der Waals surface area contributed by atoms with Crippen LogP contribution in [0.25, 0.3) is 33.4 Å². The molecule has 2 N–H and O–H groups in total. The summed E-state index contributed by atoms with van der Waals surface area (Å²) in [5.74, 6) is -0.449. The number of rotatable bonds is 6. The summed E-state index contributed by atoms with van der Waals surface area (Å²) in [5.41, 5.74) is 11.9. The van der Waals surface area contributed by atoms with Gasteiger partial charge in [0.1, 0.15) is 12.2 Å². The maximum atomic E-state index is 12.7. The van der Waals surface area contributed by atoms with Gasteiger partial charge in [-0.25, -0.2) is 4.79 Å². The minimum absolute atomic E-state index is 0.00418. The lowest BCUT2D eigenvalue weighted by Crippen LogP contribution is -2.22. The molecule has 1 amide bonds. The molecule has 2 heterocycles. The van der Waals surface area contributed by atoms with E-state index in [1.54, 1.807) is 13.8 Å². The predicted molar refractivity (Wildman–Crippen MR) is 118 cm³/mol. The lowest BCUT2D eigenvalue weighted by Gasteiger charge is -2.06. The summed E-state index contributed by atoms with van der Waals surface area (Å²) in [6.45, 7) is 7.19. The fourth-order valence-electron chi connectivity index (χ4n) is 3.98. The predicted octanol–water partition coefficient (Wildman–Crippen LogP) is 3.17. The zero-order valence-corrected chi connectivity index (χ0v) is 17.4. The van der Waals surface area contributed by atoms with Gasteiger partial charge in [0.2, 0.25) is 5.91 Å². The zero-order chi connectivity index (χ0) is 21.4. The second-order valence-electron chi connectivity index (χ2n) is 7.40. The molecule has 154 valence electrons. The van der Waals surface area contributed by atoms with Crippen LogP contribution in [0.1, 0.15) is 19.4 Å². The molecule has 7 heteroatoms. The first kappa shape index (κ1) is 19.7. The summed E-state index contributed by atoms with van der Waals surface area (Å²) in [6, 6.07) is 14.1. The number of benzene rings is 2. The Morgan fingerprint density at radius 3 is 2.40 bits per heavy atom. The van der Waals surface area contributed by atoms with Gasteiger partial charge in [-0.2, -0.15) is 5.10 Å². The van der Waals surface area contributed by atoms with Crippen molar-refractivity contribution in [2.45, 2.75) is 40.4 Å². The number of aromatic nitrogens is 4. The molecule has 0 aliphatic carbocycles. The molecule has 2 aromatic heterocycles. The fourth-order valence-corrected chi connectivity index (χ4v) is 3.98. The lowest BCUT2D eigenvalue weighted by atomic mass is 10.0. The molecule has 2 aromatic carbocycles. The Balaban J connectivity index is 1.95. The van der Waals surface area contributed by atoms with E-state index < -0.39 is 5.91 Å². The smallest absolute Gasteiger partial charge is 0.329 e. The van der Waals surface area contributed by atoms with Gasteiger partial charge in [0.25, 0.3) is 0 Å². The van der Waals surface area contributed by atoms with Crippen molar-refractivity contribution in [2.75, 3.05) is 0 Å². The Hall–Kier alpha value is -3.61. The van der Waals surface area contributed by atoms with Crippen molar-refractivity contribution in [3.05, 3.63) is 64.7 Å². The summed E-state index contributed by atoms with van der Waals surface area (Å²) in [4.78, 5) is 24.2. The number of fused-ring (bicyclic) bond motifs is 1. The van der Waals surface area contributed by atoms with Crippen LogP contribution in [0, 0.1) is 6.92 Å². The van der Waals surface area contributed by atoms with Crippen LogP contribution in [0.3, 0.4) is 0 Å². The Labute approximate surface area is 174 Å². The Morgan fingerprint density at radius 2 is 1.73 bits per heavy atom. The van der Waals surface area contributed by atoms with Crippen molar-refractivity contribution in [1.29, 1.82) is 0 Å². The molecular weight excluding hydrogens is 378 g/mol. The van der Waals surface area contributed by atoms with E-state index in [-0.39, 0.29) is 12.2 Å². The SMILES string of the molecule is CCn1c(=O)n(CC)c2cc(-c3cn(CC(N)=O)nc3-c3cccc(C)c3)ccc21. The van der Waals surface area contributed by atoms with Crippen molar-refractivity contribution >= 4 is 16.9 Å². The highest BCUT2D eigenvalue weighted by atomic mass is 16.2. The van der Waals surface area contributed by atoms with Crippen molar-refractivity contribution in [1.82, 2.24) is 18.9 Å². The molecule has 4 aromatic rings. The van der Waals surface area contributed by atoms with Gasteiger partial charge in [-0.1, -0.05) is 29.8 Å². The van der Waals surface area contributed by atoms with Crippen LogP contribution in [-0.2, 0) is 24.4 Å².